The number of benzene rings is 1. The number of halogens is 2. The van der Waals surface area contributed by atoms with Crippen molar-refractivity contribution in [1.82, 2.24) is 15.1 Å². The maximum absolute atomic E-state index is 14.6. The van der Waals surface area contributed by atoms with E-state index in [-0.39, 0.29) is 47.1 Å². The molecule has 10 heteroatoms. The summed E-state index contributed by atoms with van der Waals surface area (Å²) < 4.78 is 40.0. The van der Waals surface area contributed by atoms with Crippen LogP contribution in [0.3, 0.4) is 0 Å². The first-order valence-corrected chi connectivity index (χ1v) is 12.2. The van der Waals surface area contributed by atoms with E-state index < -0.39 is 17.7 Å². The fourth-order valence-electron chi connectivity index (χ4n) is 5.49. The van der Waals surface area contributed by atoms with E-state index in [1.165, 1.54) is 13.0 Å². The normalized spacial score (nSPS) is 29.2. The minimum absolute atomic E-state index is 0.00681. The molecule has 0 aromatic heterocycles. The number of nitrogens with one attached hydrogen (secondary N) is 3. The minimum atomic E-state index is -0.581. The summed E-state index contributed by atoms with van der Waals surface area (Å²) in [6.07, 6.45) is 0.147. The molecule has 0 bridgehead atoms. The standard InChI is InChI=1S/C25H36F2N6O2/c1-6-33-21-12-32(11-20(21)30-24(33)23(29)35-14(2)28)16-10-19(31-25(3,4)5)22(34-13-16)17-9-15(26)7-8-18(17)27/h7-9,16,19-22,28-29,31H,6,10-13H2,1-5H3/t16?,19?,20?,21?,22-/m1/s1. The first kappa shape index (κ1) is 25.7. The van der Waals surface area contributed by atoms with Gasteiger partial charge in [-0.3, -0.25) is 20.7 Å². The zero-order valence-corrected chi connectivity index (χ0v) is 21.1. The molecule has 0 amide bonds. The first-order valence-electron chi connectivity index (χ1n) is 12.2. The molecule has 0 spiro atoms. The number of hydrogen-bond donors (Lipinski definition) is 3. The van der Waals surface area contributed by atoms with Gasteiger partial charge in [-0.2, -0.15) is 0 Å². The molecule has 2 saturated heterocycles. The van der Waals surface area contributed by atoms with E-state index in [2.05, 4.69) is 35.9 Å². The zero-order valence-electron chi connectivity index (χ0n) is 21.1. The molecule has 3 aliphatic heterocycles. The summed E-state index contributed by atoms with van der Waals surface area (Å²) in [5, 5.41) is 19.3. The highest BCUT2D eigenvalue weighted by atomic mass is 19.1. The van der Waals surface area contributed by atoms with Crippen molar-refractivity contribution >= 4 is 17.6 Å². The summed E-state index contributed by atoms with van der Waals surface area (Å²) in [6, 6.07) is 3.56. The van der Waals surface area contributed by atoms with Crippen molar-refractivity contribution in [3.05, 3.63) is 35.4 Å². The van der Waals surface area contributed by atoms with Crippen LogP contribution >= 0.6 is 0 Å². The number of nitrogens with zero attached hydrogens (tertiary/aromatic N) is 3. The number of likely N-dealkylation sites (N-methyl/N-ethyl adjacent to an activating group) is 1. The molecule has 4 rings (SSSR count). The second kappa shape index (κ2) is 9.91. The second-order valence-electron chi connectivity index (χ2n) is 10.6. The summed E-state index contributed by atoms with van der Waals surface area (Å²) in [4.78, 5) is 9.21. The number of hydrogen-bond acceptors (Lipinski definition) is 8. The molecular weight excluding hydrogens is 454 g/mol. The van der Waals surface area contributed by atoms with Gasteiger partial charge in [0.15, 0.2) is 11.7 Å². The topological polar surface area (TPSA) is 97.0 Å². The molecule has 5 atom stereocenters. The van der Waals surface area contributed by atoms with Gasteiger partial charge < -0.3 is 19.7 Å². The molecule has 1 aromatic rings. The Bertz CT molecular complexity index is 1010. The summed E-state index contributed by atoms with van der Waals surface area (Å²) in [6.45, 7) is 12.3. The summed E-state index contributed by atoms with van der Waals surface area (Å²) >= 11 is 0. The van der Waals surface area contributed by atoms with Crippen LogP contribution in [0.4, 0.5) is 8.78 Å². The fraction of sp³-hybridized carbons (Fsp3) is 0.640. The molecule has 3 N–H and O–H groups in total. The Hall–Kier alpha value is -2.43. The Morgan fingerprint density at radius 2 is 2.00 bits per heavy atom. The van der Waals surface area contributed by atoms with Crippen LogP contribution in [0.2, 0.25) is 0 Å². The fourth-order valence-corrected chi connectivity index (χ4v) is 5.49. The monoisotopic (exact) mass is 490 g/mol. The van der Waals surface area contributed by atoms with Crippen LogP contribution in [0, 0.1) is 22.5 Å². The van der Waals surface area contributed by atoms with Crippen molar-refractivity contribution in [3.63, 3.8) is 0 Å². The van der Waals surface area contributed by atoms with Gasteiger partial charge >= 0.3 is 0 Å². The first-order chi connectivity index (χ1) is 16.5. The number of aliphatic imine (C=N–C) groups is 1. The summed E-state index contributed by atoms with van der Waals surface area (Å²) in [7, 11) is 0. The third-order valence-electron chi connectivity index (χ3n) is 6.81. The predicted molar refractivity (Wildman–Crippen MR) is 131 cm³/mol. The smallest absolute Gasteiger partial charge is 0.256 e. The second-order valence-corrected chi connectivity index (χ2v) is 10.6. The van der Waals surface area contributed by atoms with Crippen LogP contribution in [0.1, 0.15) is 52.7 Å². The molecule has 3 aliphatic rings. The third-order valence-corrected chi connectivity index (χ3v) is 6.81. The van der Waals surface area contributed by atoms with Crippen molar-refractivity contribution in [2.45, 2.75) is 76.8 Å². The van der Waals surface area contributed by atoms with Gasteiger partial charge in [-0.15, -0.1) is 0 Å². The Balaban J connectivity index is 1.50. The molecule has 1 aromatic carbocycles. The van der Waals surface area contributed by atoms with Crippen molar-refractivity contribution in [2.75, 3.05) is 26.2 Å². The lowest BCUT2D eigenvalue weighted by Gasteiger charge is -2.43. The van der Waals surface area contributed by atoms with Gasteiger partial charge in [0.25, 0.3) is 5.90 Å². The lowest BCUT2D eigenvalue weighted by atomic mass is 9.90. The molecule has 0 radical (unpaired) electrons. The maximum Gasteiger partial charge on any atom is 0.256 e. The summed E-state index contributed by atoms with van der Waals surface area (Å²) in [5.74, 6) is -0.557. The van der Waals surface area contributed by atoms with Crippen LogP contribution in [-0.2, 0) is 9.47 Å². The SMILES string of the molecule is CCN1C(C(=N)OC(C)=N)=NC2CN(C3CO[C@H](c4cc(F)ccc4F)C(NC(C)(C)C)C3)CC21. The van der Waals surface area contributed by atoms with E-state index in [4.69, 9.17) is 25.3 Å². The van der Waals surface area contributed by atoms with E-state index in [0.29, 0.717) is 19.0 Å². The van der Waals surface area contributed by atoms with Crippen molar-refractivity contribution < 1.29 is 18.3 Å². The Labute approximate surface area is 205 Å². The van der Waals surface area contributed by atoms with E-state index in [9.17, 15) is 8.78 Å². The minimum Gasteiger partial charge on any atom is -0.422 e. The number of ether oxygens (including phenoxy) is 2. The lowest BCUT2D eigenvalue weighted by molar-refractivity contribution is -0.0615. The van der Waals surface area contributed by atoms with E-state index >= 15 is 0 Å². The molecule has 0 saturated carbocycles. The predicted octanol–water partition coefficient (Wildman–Crippen LogP) is 3.33. The molecule has 0 aliphatic carbocycles. The van der Waals surface area contributed by atoms with Crippen LogP contribution in [-0.4, -0.2) is 83.4 Å². The van der Waals surface area contributed by atoms with Gasteiger partial charge in [0.2, 0.25) is 0 Å². The Morgan fingerprint density at radius 3 is 2.66 bits per heavy atom. The third kappa shape index (κ3) is 5.54. The maximum atomic E-state index is 14.6. The molecule has 35 heavy (non-hydrogen) atoms. The van der Waals surface area contributed by atoms with Crippen molar-refractivity contribution in [3.8, 4) is 0 Å². The quantitative estimate of drug-likeness (QED) is 0.435. The van der Waals surface area contributed by atoms with Crippen molar-refractivity contribution in [1.29, 1.82) is 10.8 Å². The van der Waals surface area contributed by atoms with Gasteiger partial charge in [0.1, 0.15) is 17.7 Å². The highest BCUT2D eigenvalue weighted by Gasteiger charge is 2.47. The van der Waals surface area contributed by atoms with E-state index in [0.717, 1.165) is 31.6 Å². The molecule has 2 fully saturated rings. The van der Waals surface area contributed by atoms with Crippen LogP contribution in [0.5, 0.6) is 0 Å². The van der Waals surface area contributed by atoms with Crippen LogP contribution in [0.15, 0.2) is 23.2 Å². The Morgan fingerprint density at radius 1 is 1.26 bits per heavy atom. The van der Waals surface area contributed by atoms with Crippen LogP contribution < -0.4 is 5.32 Å². The van der Waals surface area contributed by atoms with E-state index in [1.54, 1.807) is 0 Å². The van der Waals surface area contributed by atoms with Gasteiger partial charge in [-0.05, 0) is 52.3 Å². The van der Waals surface area contributed by atoms with Gasteiger partial charge in [-0.1, -0.05) is 0 Å². The van der Waals surface area contributed by atoms with Crippen LogP contribution in [0.25, 0.3) is 0 Å². The average molecular weight is 491 g/mol. The molecule has 8 nitrogen and oxygen atoms in total. The Kier molecular flexibility index (Phi) is 7.26. The number of rotatable bonds is 5. The molecule has 4 unspecified atom stereocenters. The molecule has 3 heterocycles. The molecule has 192 valence electrons. The van der Waals surface area contributed by atoms with Gasteiger partial charge in [0.05, 0.1) is 18.7 Å². The highest BCUT2D eigenvalue weighted by Crippen LogP contribution is 2.36. The number of likely N-dealkylation sites (tertiary alicyclic amines) is 1. The number of amidine groups is 1. The zero-order chi connectivity index (χ0) is 25.5. The summed E-state index contributed by atoms with van der Waals surface area (Å²) in [5.41, 5.74) is 0.0142. The van der Waals surface area contributed by atoms with Crippen molar-refractivity contribution in [2.24, 2.45) is 4.99 Å². The average Bonchev–Trinajstić information content (AvgIpc) is 3.32. The van der Waals surface area contributed by atoms with Gasteiger partial charge in [0, 0.05) is 49.7 Å². The molecular formula is C25H36F2N6O2. The highest BCUT2D eigenvalue weighted by molar-refractivity contribution is 6.38. The van der Waals surface area contributed by atoms with Gasteiger partial charge in [-0.25, -0.2) is 8.78 Å². The van der Waals surface area contributed by atoms with E-state index in [1.807, 2.05) is 6.92 Å². The largest absolute Gasteiger partial charge is 0.422 e. The number of fused-ring (bicyclic) bond motifs is 1. The lowest BCUT2D eigenvalue weighted by Crippen LogP contribution is -2.55.